The van der Waals surface area contributed by atoms with E-state index in [1.54, 1.807) is 18.2 Å². The summed E-state index contributed by atoms with van der Waals surface area (Å²) in [7, 11) is 0. The molecule has 1 aliphatic rings. The van der Waals surface area contributed by atoms with Gasteiger partial charge in [-0.2, -0.15) is 0 Å². The van der Waals surface area contributed by atoms with Crippen molar-refractivity contribution >= 4 is 35.3 Å². The second-order valence-corrected chi connectivity index (χ2v) is 6.08. The standard InChI is InChI=1S/C19H15N3O5/c1-11-6-7-14(8-12(11)2)21-18(24)16(17(23)20-19(21)25)10-13-4-3-5-15(9-13)22(26)27/h3-10H,1-2H3,(H,20,23,25)/b16-10+. The van der Waals surface area contributed by atoms with Crippen LogP contribution in [0, 0.1) is 24.0 Å². The molecule has 1 aliphatic heterocycles. The molecule has 0 atom stereocenters. The number of hydrogen-bond donors (Lipinski definition) is 1. The maximum Gasteiger partial charge on any atom is 0.335 e. The van der Waals surface area contributed by atoms with E-state index in [-0.39, 0.29) is 11.3 Å². The zero-order chi connectivity index (χ0) is 19.7. The van der Waals surface area contributed by atoms with E-state index < -0.39 is 22.8 Å². The second kappa shape index (κ2) is 6.83. The second-order valence-electron chi connectivity index (χ2n) is 6.08. The van der Waals surface area contributed by atoms with E-state index in [0.29, 0.717) is 11.3 Å². The predicted octanol–water partition coefficient (Wildman–Crippen LogP) is 2.88. The zero-order valence-electron chi connectivity index (χ0n) is 14.6. The number of nitro groups is 1. The number of imide groups is 2. The molecule has 2 aromatic rings. The molecule has 0 saturated carbocycles. The Morgan fingerprint density at radius 1 is 1.04 bits per heavy atom. The lowest BCUT2D eigenvalue weighted by atomic mass is 10.0. The van der Waals surface area contributed by atoms with Gasteiger partial charge in [-0.1, -0.05) is 18.2 Å². The van der Waals surface area contributed by atoms with Crippen LogP contribution < -0.4 is 10.2 Å². The van der Waals surface area contributed by atoms with E-state index in [1.807, 2.05) is 13.8 Å². The molecule has 3 rings (SSSR count). The number of nitrogens with one attached hydrogen (secondary N) is 1. The van der Waals surface area contributed by atoms with Gasteiger partial charge in [-0.15, -0.1) is 0 Å². The van der Waals surface area contributed by atoms with Gasteiger partial charge in [0, 0.05) is 12.1 Å². The van der Waals surface area contributed by atoms with Crippen LogP contribution in [-0.2, 0) is 9.59 Å². The van der Waals surface area contributed by atoms with Crippen LogP contribution in [0.4, 0.5) is 16.2 Å². The lowest BCUT2D eigenvalue weighted by molar-refractivity contribution is -0.384. The molecule has 0 unspecified atom stereocenters. The highest BCUT2D eigenvalue weighted by molar-refractivity contribution is 6.39. The van der Waals surface area contributed by atoms with Crippen molar-refractivity contribution in [2.24, 2.45) is 0 Å². The third-order valence-electron chi connectivity index (χ3n) is 4.24. The molecule has 8 nitrogen and oxygen atoms in total. The van der Waals surface area contributed by atoms with Crippen LogP contribution in [0.3, 0.4) is 0 Å². The maximum atomic E-state index is 12.8. The van der Waals surface area contributed by atoms with E-state index in [0.717, 1.165) is 16.0 Å². The van der Waals surface area contributed by atoms with E-state index in [1.165, 1.54) is 30.3 Å². The monoisotopic (exact) mass is 365 g/mol. The Hall–Kier alpha value is -3.81. The van der Waals surface area contributed by atoms with Crippen molar-refractivity contribution in [1.82, 2.24) is 5.32 Å². The highest BCUT2D eigenvalue weighted by Gasteiger charge is 2.36. The van der Waals surface area contributed by atoms with Gasteiger partial charge in [-0.05, 0) is 48.7 Å². The molecule has 0 aromatic heterocycles. The lowest BCUT2D eigenvalue weighted by Crippen LogP contribution is -2.54. The smallest absolute Gasteiger partial charge is 0.273 e. The number of urea groups is 1. The Balaban J connectivity index is 2.03. The Morgan fingerprint density at radius 3 is 2.44 bits per heavy atom. The number of carbonyl (C=O) groups excluding carboxylic acids is 3. The number of nitrogens with zero attached hydrogens (tertiary/aromatic N) is 2. The van der Waals surface area contributed by atoms with Crippen LogP contribution in [0.25, 0.3) is 6.08 Å². The molecule has 27 heavy (non-hydrogen) atoms. The molecular formula is C19H15N3O5. The third kappa shape index (κ3) is 3.45. The largest absolute Gasteiger partial charge is 0.335 e. The molecule has 8 heteroatoms. The summed E-state index contributed by atoms with van der Waals surface area (Å²) in [6.07, 6.45) is 1.23. The maximum absolute atomic E-state index is 12.8. The van der Waals surface area contributed by atoms with E-state index in [2.05, 4.69) is 5.32 Å². The van der Waals surface area contributed by atoms with Crippen LogP contribution in [0.1, 0.15) is 16.7 Å². The van der Waals surface area contributed by atoms with Gasteiger partial charge in [0.15, 0.2) is 0 Å². The average Bonchev–Trinajstić information content (AvgIpc) is 2.61. The van der Waals surface area contributed by atoms with Crippen LogP contribution in [0.5, 0.6) is 0 Å². The van der Waals surface area contributed by atoms with Gasteiger partial charge < -0.3 is 0 Å². The molecule has 4 amide bonds. The van der Waals surface area contributed by atoms with Crippen LogP contribution in [-0.4, -0.2) is 22.8 Å². The van der Waals surface area contributed by atoms with E-state index in [4.69, 9.17) is 0 Å². The summed E-state index contributed by atoms with van der Waals surface area (Å²) in [6, 6.07) is 9.73. The molecule has 1 heterocycles. The number of non-ortho nitro benzene ring substituents is 1. The van der Waals surface area contributed by atoms with Gasteiger partial charge in [-0.3, -0.25) is 25.0 Å². The molecule has 0 radical (unpaired) electrons. The van der Waals surface area contributed by atoms with Crippen molar-refractivity contribution in [2.75, 3.05) is 4.90 Å². The fraction of sp³-hybridized carbons (Fsp3) is 0.105. The summed E-state index contributed by atoms with van der Waals surface area (Å²) in [5, 5.41) is 13.0. The molecule has 136 valence electrons. The molecule has 0 spiro atoms. The van der Waals surface area contributed by atoms with Crippen LogP contribution >= 0.6 is 0 Å². The average molecular weight is 365 g/mol. The number of benzene rings is 2. The molecule has 1 saturated heterocycles. The topological polar surface area (TPSA) is 110 Å². The fourth-order valence-electron chi connectivity index (χ4n) is 2.65. The SMILES string of the molecule is Cc1ccc(N2C(=O)NC(=O)/C(=C\c3cccc([N+](=O)[O-])c3)C2=O)cc1C. The number of barbiturate groups is 1. The van der Waals surface area contributed by atoms with Crippen LogP contribution in [0.15, 0.2) is 48.0 Å². The first kappa shape index (κ1) is 18.0. The molecule has 2 aromatic carbocycles. The van der Waals surface area contributed by atoms with Crippen molar-refractivity contribution in [3.63, 3.8) is 0 Å². The number of amides is 4. The Morgan fingerprint density at radius 2 is 1.78 bits per heavy atom. The summed E-state index contributed by atoms with van der Waals surface area (Å²) >= 11 is 0. The third-order valence-corrected chi connectivity index (χ3v) is 4.24. The van der Waals surface area contributed by atoms with Gasteiger partial charge >= 0.3 is 6.03 Å². The van der Waals surface area contributed by atoms with Crippen molar-refractivity contribution in [2.45, 2.75) is 13.8 Å². The number of nitro benzene ring substituents is 1. The first-order valence-corrected chi connectivity index (χ1v) is 8.01. The fourth-order valence-corrected chi connectivity index (χ4v) is 2.65. The van der Waals surface area contributed by atoms with Crippen molar-refractivity contribution < 1.29 is 19.3 Å². The van der Waals surface area contributed by atoms with Crippen molar-refractivity contribution in [3.05, 3.63) is 74.8 Å². The molecule has 0 aliphatic carbocycles. The zero-order valence-corrected chi connectivity index (χ0v) is 14.6. The number of anilines is 1. The molecule has 0 bridgehead atoms. The minimum atomic E-state index is -0.850. The quantitative estimate of drug-likeness (QED) is 0.389. The van der Waals surface area contributed by atoms with Gasteiger partial charge in [0.25, 0.3) is 17.5 Å². The van der Waals surface area contributed by atoms with Gasteiger partial charge in [0.1, 0.15) is 5.57 Å². The summed E-state index contributed by atoms with van der Waals surface area (Å²) < 4.78 is 0. The van der Waals surface area contributed by atoms with Gasteiger partial charge in [0.2, 0.25) is 0 Å². The Kier molecular flexibility index (Phi) is 4.55. The normalized spacial score (nSPS) is 15.9. The summed E-state index contributed by atoms with van der Waals surface area (Å²) in [5.41, 5.74) is 2.06. The number of rotatable bonds is 3. The molecular weight excluding hydrogens is 350 g/mol. The van der Waals surface area contributed by atoms with Gasteiger partial charge in [0.05, 0.1) is 10.6 Å². The highest BCUT2D eigenvalue weighted by atomic mass is 16.6. The number of hydrogen-bond acceptors (Lipinski definition) is 5. The highest BCUT2D eigenvalue weighted by Crippen LogP contribution is 2.24. The molecule has 1 fully saturated rings. The Labute approximate surface area is 154 Å². The first-order chi connectivity index (χ1) is 12.8. The van der Waals surface area contributed by atoms with Crippen LogP contribution in [0.2, 0.25) is 0 Å². The minimum Gasteiger partial charge on any atom is -0.273 e. The molecule has 1 N–H and O–H groups in total. The summed E-state index contributed by atoms with van der Waals surface area (Å²) in [5.74, 6) is -1.64. The van der Waals surface area contributed by atoms with E-state index in [9.17, 15) is 24.5 Å². The lowest BCUT2D eigenvalue weighted by Gasteiger charge is -2.26. The van der Waals surface area contributed by atoms with Gasteiger partial charge in [-0.25, -0.2) is 9.69 Å². The van der Waals surface area contributed by atoms with Crippen molar-refractivity contribution in [1.29, 1.82) is 0 Å². The number of carbonyl (C=O) groups is 3. The van der Waals surface area contributed by atoms with E-state index >= 15 is 0 Å². The predicted molar refractivity (Wildman–Crippen MR) is 98.0 cm³/mol. The Bertz CT molecular complexity index is 1030. The van der Waals surface area contributed by atoms with Crippen molar-refractivity contribution in [3.8, 4) is 0 Å². The minimum absolute atomic E-state index is 0.171. The summed E-state index contributed by atoms with van der Waals surface area (Å²) in [4.78, 5) is 48.4. The first-order valence-electron chi connectivity index (χ1n) is 8.01. The summed E-state index contributed by atoms with van der Waals surface area (Å²) in [6.45, 7) is 3.74. The number of aryl methyl sites for hydroxylation is 2.